The number of hydrogen-bond acceptors (Lipinski definition) is 8. The Morgan fingerprint density at radius 2 is 1.71 bits per heavy atom. The van der Waals surface area contributed by atoms with Crippen molar-refractivity contribution in [1.82, 2.24) is 26.1 Å². The zero-order valence-electron chi connectivity index (χ0n) is 24.4. The van der Waals surface area contributed by atoms with Gasteiger partial charge in [0, 0.05) is 12.1 Å². The number of carbonyl (C=O) groups is 4. The summed E-state index contributed by atoms with van der Waals surface area (Å²) < 4.78 is 11.8. The molecule has 11 heteroatoms. The number of aromatic nitrogens is 1. The Bertz CT molecular complexity index is 1290. The molecule has 2 aromatic rings. The maximum Gasteiger partial charge on any atom is 0.325 e. The summed E-state index contributed by atoms with van der Waals surface area (Å²) in [5.41, 5.74) is 3.75. The number of rotatable bonds is 1. The van der Waals surface area contributed by atoms with Crippen LogP contribution in [-0.2, 0) is 23.9 Å². The molecule has 3 amide bonds. The Morgan fingerprint density at radius 1 is 1.00 bits per heavy atom. The van der Waals surface area contributed by atoms with Crippen LogP contribution >= 0.6 is 0 Å². The lowest BCUT2D eigenvalue weighted by Gasteiger charge is -2.35. The number of esters is 1. The van der Waals surface area contributed by atoms with Crippen molar-refractivity contribution >= 4 is 23.7 Å². The largest absolute Gasteiger partial charge is 0.478 e. The highest BCUT2D eigenvalue weighted by molar-refractivity contribution is 5.94. The van der Waals surface area contributed by atoms with Gasteiger partial charge in [0.15, 0.2) is 5.60 Å². The standard InChI is InChI=1S/C30H39N5O6/c1-17(2)25-26(36)31-18(3)27(37)35-16-8-11-24(34-35)28(38)40-19(4)22-9-7-10-23(32-22)20-12-14-21(15-13-20)41-30(5,6)29(39)33-25/h7,9-10,12-15,17-19,24-25,34H,8,11,16H2,1-6H3,(H,31,36)(H,33,39)/t18?,19-,24?,25?/m1/s1. The number of benzene rings is 1. The van der Waals surface area contributed by atoms with E-state index >= 15 is 0 Å². The molecule has 220 valence electrons. The maximum absolute atomic E-state index is 13.3. The molecule has 3 aliphatic rings. The Kier molecular flexibility index (Phi) is 8.96. The summed E-state index contributed by atoms with van der Waals surface area (Å²) in [7, 11) is 0. The Hall–Kier alpha value is -3.99. The van der Waals surface area contributed by atoms with Crippen molar-refractivity contribution in [3.8, 4) is 17.0 Å². The van der Waals surface area contributed by atoms with Crippen LogP contribution in [0.25, 0.3) is 11.3 Å². The van der Waals surface area contributed by atoms with E-state index in [1.54, 1.807) is 59.7 Å². The minimum Gasteiger partial charge on any atom is -0.478 e. The lowest BCUT2D eigenvalue weighted by Crippen LogP contribution is -2.61. The lowest BCUT2D eigenvalue weighted by molar-refractivity contribution is -0.157. The lowest BCUT2D eigenvalue weighted by atomic mass is 10.0. The third kappa shape index (κ3) is 7.02. The van der Waals surface area contributed by atoms with E-state index in [9.17, 15) is 19.2 Å². The van der Waals surface area contributed by atoms with Gasteiger partial charge in [-0.15, -0.1) is 0 Å². The zero-order chi connectivity index (χ0) is 29.9. The fourth-order valence-electron chi connectivity index (χ4n) is 4.75. The molecule has 3 aliphatic heterocycles. The average Bonchev–Trinajstić information content (AvgIpc) is 2.94. The highest BCUT2D eigenvalue weighted by Crippen LogP contribution is 2.26. The van der Waals surface area contributed by atoms with E-state index in [1.165, 1.54) is 5.01 Å². The van der Waals surface area contributed by atoms with Crippen LogP contribution in [0.2, 0.25) is 0 Å². The van der Waals surface area contributed by atoms with Gasteiger partial charge in [-0.1, -0.05) is 19.9 Å². The number of nitrogens with one attached hydrogen (secondary N) is 3. The summed E-state index contributed by atoms with van der Waals surface area (Å²) in [6.07, 6.45) is 0.452. The number of carbonyl (C=O) groups excluding carboxylic acids is 4. The zero-order valence-corrected chi connectivity index (χ0v) is 24.4. The number of hydrazine groups is 1. The van der Waals surface area contributed by atoms with Crippen LogP contribution < -0.4 is 20.8 Å². The minimum absolute atomic E-state index is 0.264. The number of fused-ring (bicyclic) bond motifs is 12. The van der Waals surface area contributed by atoms with Crippen LogP contribution in [0.15, 0.2) is 42.5 Å². The molecule has 41 heavy (non-hydrogen) atoms. The average molecular weight is 566 g/mol. The third-order valence-electron chi connectivity index (χ3n) is 7.25. The normalized spacial score (nSPS) is 25.8. The first kappa shape index (κ1) is 30.0. The van der Waals surface area contributed by atoms with Crippen molar-refractivity contribution in [2.45, 2.75) is 84.2 Å². The van der Waals surface area contributed by atoms with Gasteiger partial charge in [0.05, 0.1) is 11.4 Å². The molecule has 6 bridgehead atoms. The summed E-state index contributed by atoms with van der Waals surface area (Å²) in [6, 6.07) is 10.1. The predicted octanol–water partition coefficient (Wildman–Crippen LogP) is 2.66. The molecule has 0 radical (unpaired) electrons. The van der Waals surface area contributed by atoms with Crippen LogP contribution in [0.4, 0.5) is 0 Å². The molecule has 4 atom stereocenters. The van der Waals surface area contributed by atoms with Crippen molar-refractivity contribution in [2.75, 3.05) is 6.54 Å². The Morgan fingerprint density at radius 3 is 2.39 bits per heavy atom. The minimum atomic E-state index is -1.29. The molecule has 4 heterocycles. The summed E-state index contributed by atoms with van der Waals surface area (Å²) in [5.74, 6) is -1.66. The first-order chi connectivity index (χ1) is 19.4. The fraction of sp³-hybridized carbons (Fsp3) is 0.500. The Labute approximate surface area is 240 Å². The van der Waals surface area contributed by atoms with E-state index in [0.29, 0.717) is 36.5 Å². The van der Waals surface area contributed by atoms with Gasteiger partial charge in [0.1, 0.15) is 30.0 Å². The van der Waals surface area contributed by atoms with E-state index in [0.717, 1.165) is 5.56 Å². The maximum atomic E-state index is 13.3. The third-order valence-corrected chi connectivity index (χ3v) is 7.25. The molecule has 0 saturated carbocycles. The number of hydrogen-bond donors (Lipinski definition) is 3. The molecular weight excluding hydrogens is 526 g/mol. The highest BCUT2D eigenvalue weighted by atomic mass is 16.5. The smallest absolute Gasteiger partial charge is 0.325 e. The second-order valence-corrected chi connectivity index (χ2v) is 11.4. The van der Waals surface area contributed by atoms with Crippen molar-refractivity contribution in [3.05, 3.63) is 48.2 Å². The van der Waals surface area contributed by atoms with E-state index in [-0.39, 0.29) is 5.92 Å². The first-order valence-electron chi connectivity index (χ1n) is 14.0. The summed E-state index contributed by atoms with van der Waals surface area (Å²) in [5, 5.41) is 6.85. The molecule has 1 aromatic heterocycles. The molecule has 3 N–H and O–H groups in total. The van der Waals surface area contributed by atoms with Gasteiger partial charge in [0.25, 0.3) is 11.8 Å². The molecule has 1 aromatic carbocycles. The second-order valence-electron chi connectivity index (χ2n) is 11.4. The van der Waals surface area contributed by atoms with Crippen molar-refractivity contribution < 1.29 is 28.7 Å². The molecule has 3 unspecified atom stereocenters. The predicted molar refractivity (Wildman–Crippen MR) is 151 cm³/mol. The topological polar surface area (TPSA) is 139 Å². The summed E-state index contributed by atoms with van der Waals surface area (Å²) in [6.45, 7) is 10.6. The van der Waals surface area contributed by atoms with E-state index in [1.807, 2.05) is 24.3 Å². The van der Waals surface area contributed by atoms with Crippen molar-refractivity contribution in [3.63, 3.8) is 0 Å². The van der Waals surface area contributed by atoms with E-state index in [4.69, 9.17) is 14.5 Å². The molecule has 1 fully saturated rings. The van der Waals surface area contributed by atoms with Crippen LogP contribution in [0.3, 0.4) is 0 Å². The van der Waals surface area contributed by atoms with Crippen LogP contribution in [0.5, 0.6) is 5.75 Å². The summed E-state index contributed by atoms with van der Waals surface area (Å²) >= 11 is 0. The Balaban J connectivity index is 1.66. The molecular formula is C30H39N5O6. The summed E-state index contributed by atoms with van der Waals surface area (Å²) in [4.78, 5) is 57.4. The SMILES string of the molecule is CC1NC(=O)C(C(C)C)NC(=O)C(C)(C)Oc2ccc(cc2)-c2cccc(n2)[C@@H](C)OC(=O)C2CCCN(N2)C1=O. The second kappa shape index (κ2) is 12.3. The van der Waals surface area contributed by atoms with Gasteiger partial charge in [-0.3, -0.25) is 24.2 Å². The molecule has 11 nitrogen and oxygen atoms in total. The van der Waals surface area contributed by atoms with E-state index < -0.39 is 53.5 Å². The monoisotopic (exact) mass is 565 g/mol. The highest BCUT2D eigenvalue weighted by Gasteiger charge is 2.37. The number of ether oxygens (including phenoxy) is 2. The number of nitrogens with zero attached hydrogens (tertiary/aromatic N) is 2. The van der Waals surface area contributed by atoms with Gasteiger partial charge in [0.2, 0.25) is 5.91 Å². The first-order valence-corrected chi connectivity index (χ1v) is 14.0. The van der Waals surface area contributed by atoms with Gasteiger partial charge < -0.3 is 20.1 Å². The quantitative estimate of drug-likeness (QED) is 0.354. The van der Waals surface area contributed by atoms with Gasteiger partial charge in [-0.2, -0.15) is 0 Å². The fourth-order valence-corrected chi connectivity index (χ4v) is 4.75. The molecule has 0 spiro atoms. The molecule has 5 rings (SSSR count). The molecule has 0 aliphatic carbocycles. The van der Waals surface area contributed by atoms with Crippen LogP contribution in [0.1, 0.15) is 66.2 Å². The number of pyridine rings is 1. The van der Waals surface area contributed by atoms with Crippen LogP contribution in [0, 0.1) is 5.92 Å². The van der Waals surface area contributed by atoms with Crippen LogP contribution in [-0.4, -0.2) is 64.0 Å². The number of amides is 3. The van der Waals surface area contributed by atoms with Crippen molar-refractivity contribution in [1.29, 1.82) is 0 Å². The van der Waals surface area contributed by atoms with Gasteiger partial charge in [-0.05, 0) is 82.9 Å². The van der Waals surface area contributed by atoms with Crippen molar-refractivity contribution in [2.24, 2.45) is 5.92 Å². The van der Waals surface area contributed by atoms with E-state index in [2.05, 4.69) is 16.1 Å². The van der Waals surface area contributed by atoms with Gasteiger partial charge in [-0.25, -0.2) is 10.4 Å². The molecule has 1 saturated heterocycles. The van der Waals surface area contributed by atoms with Gasteiger partial charge >= 0.3 is 5.97 Å².